The summed E-state index contributed by atoms with van der Waals surface area (Å²) in [6.07, 6.45) is 0.106. The molecule has 6 heteroatoms. The molecule has 0 aromatic heterocycles. The number of rotatable bonds is 3. The Hall–Kier alpha value is -1.14. The molecule has 102 valence electrons. The molecule has 6 nitrogen and oxygen atoms in total. The van der Waals surface area contributed by atoms with E-state index >= 15 is 0 Å². The van der Waals surface area contributed by atoms with Crippen molar-refractivity contribution in [2.75, 3.05) is 20.8 Å². The lowest BCUT2D eigenvalue weighted by molar-refractivity contribution is -0.165. The standard InChI is InChI=1S/C12H18O6/c1-11(2)17-6-8(18-11)7-5-12(7,9(13)15-3)10(14)16-4/h7-8H,5-6H2,1-4H3/t7-,8+/m0/s1. The molecule has 1 saturated carbocycles. The van der Waals surface area contributed by atoms with Crippen molar-refractivity contribution in [2.45, 2.75) is 32.2 Å². The topological polar surface area (TPSA) is 71.1 Å². The number of hydrogen-bond acceptors (Lipinski definition) is 6. The molecule has 0 N–H and O–H groups in total. The van der Waals surface area contributed by atoms with Gasteiger partial charge in [-0.1, -0.05) is 0 Å². The molecule has 0 aromatic carbocycles. The van der Waals surface area contributed by atoms with Gasteiger partial charge in [0.2, 0.25) is 0 Å². The number of carbonyl (C=O) groups is 2. The van der Waals surface area contributed by atoms with E-state index in [2.05, 4.69) is 0 Å². The van der Waals surface area contributed by atoms with Crippen LogP contribution in [-0.4, -0.2) is 44.7 Å². The van der Waals surface area contributed by atoms with Gasteiger partial charge in [0.25, 0.3) is 0 Å². The van der Waals surface area contributed by atoms with Crippen molar-refractivity contribution in [3.05, 3.63) is 0 Å². The minimum atomic E-state index is -1.21. The van der Waals surface area contributed by atoms with E-state index in [9.17, 15) is 9.59 Å². The molecule has 1 aliphatic carbocycles. The van der Waals surface area contributed by atoms with Crippen LogP contribution in [0.2, 0.25) is 0 Å². The highest BCUT2D eigenvalue weighted by Crippen LogP contribution is 2.58. The van der Waals surface area contributed by atoms with E-state index in [0.29, 0.717) is 13.0 Å². The van der Waals surface area contributed by atoms with Crippen LogP contribution >= 0.6 is 0 Å². The molecule has 1 heterocycles. The van der Waals surface area contributed by atoms with Crippen LogP contribution < -0.4 is 0 Å². The van der Waals surface area contributed by atoms with Crippen molar-refractivity contribution in [1.82, 2.24) is 0 Å². The third-order valence-corrected chi connectivity index (χ3v) is 3.59. The quantitative estimate of drug-likeness (QED) is 0.542. The third kappa shape index (κ3) is 1.89. The first-order chi connectivity index (χ1) is 8.37. The molecule has 0 aromatic rings. The summed E-state index contributed by atoms with van der Waals surface area (Å²) in [5.41, 5.74) is -1.21. The zero-order valence-electron chi connectivity index (χ0n) is 11.0. The highest BCUT2D eigenvalue weighted by Gasteiger charge is 2.71. The molecule has 2 aliphatic rings. The molecule has 1 aliphatic heterocycles. The molecule has 0 spiro atoms. The Morgan fingerprint density at radius 3 is 2.11 bits per heavy atom. The second-order valence-corrected chi connectivity index (χ2v) is 5.13. The molecule has 0 radical (unpaired) electrons. The van der Waals surface area contributed by atoms with Crippen molar-refractivity contribution in [1.29, 1.82) is 0 Å². The summed E-state index contributed by atoms with van der Waals surface area (Å²) in [6, 6.07) is 0. The van der Waals surface area contributed by atoms with Gasteiger partial charge in [0, 0.05) is 5.92 Å². The average Bonchev–Trinajstić information content (AvgIpc) is 3.00. The maximum absolute atomic E-state index is 11.8. The zero-order valence-corrected chi connectivity index (χ0v) is 11.0. The Morgan fingerprint density at radius 2 is 1.72 bits per heavy atom. The fraction of sp³-hybridized carbons (Fsp3) is 0.833. The Balaban J connectivity index is 2.13. The van der Waals surface area contributed by atoms with E-state index in [1.807, 2.05) is 0 Å². The van der Waals surface area contributed by atoms with E-state index in [1.54, 1.807) is 13.8 Å². The molecule has 0 amide bonds. The normalized spacial score (nSPS) is 31.8. The van der Waals surface area contributed by atoms with Crippen LogP contribution in [-0.2, 0) is 28.5 Å². The van der Waals surface area contributed by atoms with Gasteiger partial charge in [0.15, 0.2) is 11.2 Å². The van der Waals surface area contributed by atoms with Crippen molar-refractivity contribution in [2.24, 2.45) is 11.3 Å². The van der Waals surface area contributed by atoms with E-state index in [-0.39, 0.29) is 12.0 Å². The van der Waals surface area contributed by atoms with Gasteiger partial charge < -0.3 is 18.9 Å². The van der Waals surface area contributed by atoms with Crippen LogP contribution in [0.1, 0.15) is 20.3 Å². The van der Waals surface area contributed by atoms with Crippen LogP contribution in [0.3, 0.4) is 0 Å². The van der Waals surface area contributed by atoms with Crippen LogP contribution in [0.4, 0.5) is 0 Å². The van der Waals surface area contributed by atoms with Crippen LogP contribution in [0, 0.1) is 11.3 Å². The van der Waals surface area contributed by atoms with E-state index < -0.39 is 23.1 Å². The van der Waals surface area contributed by atoms with E-state index in [0.717, 1.165) is 0 Å². The Kier molecular flexibility index (Phi) is 3.11. The fourth-order valence-corrected chi connectivity index (χ4v) is 2.57. The maximum Gasteiger partial charge on any atom is 0.323 e. The maximum atomic E-state index is 11.8. The summed E-state index contributed by atoms with van der Waals surface area (Å²) in [6.45, 7) is 3.97. The fourth-order valence-electron chi connectivity index (χ4n) is 2.57. The smallest absolute Gasteiger partial charge is 0.323 e. The second-order valence-electron chi connectivity index (χ2n) is 5.13. The molecule has 2 fully saturated rings. The van der Waals surface area contributed by atoms with Gasteiger partial charge in [-0.15, -0.1) is 0 Å². The minimum Gasteiger partial charge on any atom is -0.468 e. The molecule has 2 atom stereocenters. The molecular weight excluding hydrogens is 240 g/mol. The number of carbonyl (C=O) groups excluding carboxylic acids is 2. The van der Waals surface area contributed by atoms with Crippen LogP contribution in [0.5, 0.6) is 0 Å². The largest absolute Gasteiger partial charge is 0.468 e. The lowest BCUT2D eigenvalue weighted by Crippen LogP contribution is -2.34. The average molecular weight is 258 g/mol. The van der Waals surface area contributed by atoms with Crippen LogP contribution in [0.15, 0.2) is 0 Å². The van der Waals surface area contributed by atoms with Gasteiger partial charge in [-0.25, -0.2) is 0 Å². The summed E-state index contributed by atoms with van der Waals surface area (Å²) in [5, 5.41) is 0. The number of esters is 2. The van der Waals surface area contributed by atoms with E-state index in [1.165, 1.54) is 14.2 Å². The summed E-state index contributed by atoms with van der Waals surface area (Å²) in [7, 11) is 2.52. The number of methoxy groups -OCH3 is 2. The lowest BCUT2D eigenvalue weighted by Gasteiger charge is -2.18. The van der Waals surface area contributed by atoms with Crippen molar-refractivity contribution in [3.8, 4) is 0 Å². The lowest BCUT2D eigenvalue weighted by atomic mass is 10.0. The summed E-state index contributed by atoms with van der Waals surface area (Å²) in [5.74, 6) is -2.04. The number of ether oxygens (including phenoxy) is 4. The Bertz CT molecular complexity index is 359. The SMILES string of the molecule is COC(=O)C1(C(=O)OC)C[C@H]1[C@H]1COC(C)(C)O1. The number of hydrogen-bond donors (Lipinski definition) is 0. The van der Waals surface area contributed by atoms with Gasteiger partial charge in [0.05, 0.1) is 26.9 Å². The highest BCUT2D eigenvalue weighted by atomic mass is 16.7. The molecule has 18 heavy (non-hydrogen) atoms. The predicted molar refractivity (Wildman–Crippen MR) is 59.5 cm³/mol. The first-order valence-electron chi connectivity index (χ1n) is 5.86. The molecule has 2 rings (SSSR count). The molecule has 1 saturated heterocycles. The second kappa shape index (κ2) is 4.20. The van der Waals surface area contributed by atoms with Gasteiger partial charge >= 0.3 is 11.9 Å². The highest BCUT2D eigenvalue weighted by molar-refractivity contribution is 6.03. The summed E-state index contributed by atoms with van der Waals surface area (Å²) < 4.78 is 20.5. The van der Waals surface area contributed by atoms with Gasteiger partial charge in [0.1, 0.15) is 0 Å². The van der Waals surface area contributed by atoms with E-state index in [4.69, 9.17) is 18.9 Å². The van der Waals surface area contributed by atoms with Crippen molar-refractivity contribution >= 4 is 11.9 Å². The zero-order chi connectivity index (χ0) is 13.6. The summed E-state index contributed by atoms with van der Waals surface area (Å²) in [4.78, 5) is 23.6. The van der Waals surface area contributed by atoms with Crippen molar-refractivity contribution in [3.63, 3.8) is 0 Å². The Labute approximate surface area is 106 Å². The third-order valence-electron chi connectivity index (χ3n) is 3.59. The monoisotopic (exact) mass is 258 g/mol. The first kappa shape index (κ1) is 13.3. The van der Waals surface area contributed by atoms with Crippen LogP contribution in [0.25, 0.3) is 0 Å². The molecule has 0 bridgehead atoms. The van der Waals surface area contributed by atoms with Gasteiger partial charge in [-0.05, 0) is 20.3 Å². The van der Waals surface area contributed by atoms with Crippen molar-refractivity contribution < 1.29 is 28.5 Å². The summed E-state index contributed by atoms with van der Waals surface area (Å²) >= 11 is 0. The van der Waals surface area contributed by atoms with Gasteiger partial charge in [-0.2, -0.15) is 0 Å². The first-order valence-corrected chi connectivity index (χ1v) is 5.86. The van der Waals surface area contributed by atoms with Gasteiger partial charge in [-0.3, -0.25) is 9.59 Å². The molecular formula is C12H18O6. The minimum absolute atomic E-state index is 0.237. The molecule has 0 unspecified atom stereocenters. The predicted octanol–water partition coefficient (Wildman–Crippen LogP) is 0.490. The Morgan fingerprint density at radius 1 is 1.17 bits per heavy atom.